The molecule has 2 N–H and O–H groups in total. The van der Waals surface area contributed by atoms with Gasteiger partial charge in [0.1, 0.15) is 5.69 Å². The van der Waals surface area contributed by atoms with Crippen LogP contribution in [-0.2, 0) is 10.1 Å². The monoisotopic (exact) mass is 275 g/mol. The van der Waals surface area contributed by atoms with E-state index in [4.69, 9.17) is 0 Å². The van der Waals surface area contributed by atoms with Crippen molar-refractivity contribution in [3.05, 3.63) is 18.2 Å². The van der Waals surface area contributed by atoms with Gasteiger partial charge in [-0.3, -0.25) is 4.48 Å². The van der Waals surface area contributed by atoms with E-state index >= 15 is 0 Å². The van der Waals surface area contributed by atoms with Crippen molar-refractivity contribution < 1.29 is 23.2 Å². The normalized spacial score (nSPS) is 12.6. The van der Waals surface area contributed by atoms with Crippen LogP contribution in [0.1, 0.15) is 6.42 Å². The number of phenolic OH excluding ortho intramolecular Hbond substituents is 2. The van der Waals surface area contributed by atoms with Gasteiger partial charge in [-0.05, 0) is 6.07 Å². The Balaban J connectivity index is 2.76. The van der Waals surface area contributed by atoms with Gasteiger partial charge in [0, 0.05) is 24.3 Å². The van der Waals surface area contributed by atoms with E-state index in [1.165, 1.54) is 12.1 Å². The average molecular weight is 275 g/mol. The number of hydrogen-bond acceptors (Lipinski definition) is 5. The first kappa shape index (κ1) is 14.7. The molecule has 0 aliphatic carbocycles. The molecular formula is C11H17NO5S. The molecule has 0 unspecified atom stereocenters. The van der Waals surface area contributed by atoms with Gasteiger partial charge < -0.3 is 14.8 Å². The van der Waals surface area contributed by atoms with Crippen LogP contribution in [0.4, 0.5) is 5.69 Å². The Morgan fingerprint density at radius 2 is 1.83 bits per heavy atom. The van der Waals surface area contributed by atoms with Crippen molar-refractivity contribution in [1.29, 1.82) is 0 Å². The fraction of sp³-hybridized carbons (Fsp3) is 0.455. The molecule has 18 heavy (non-hydrogen) atoms. The topological polar surface area (TPSA) is 97.7 Å². The average Bonchev–Trinajstić information content (AvgIpc) is 2.19. The van der Waals surface area contributed by atoms with Crippen LogP contribution in [0.5, 0.6) is 11.5 Å². The molecule has 0 amide bonds. The summed E-state index contributed by atoms with van der Waals surface area (Å²) in [6, 6.07) is 4.43. The van der Waals surface area contributed by atoms with E-state index in [1.807, 2.05) is 14.1 Å². The van der Waals surface area contributed by atoms with Gasteiger partial charge in [-0.25, -0.2) is 8.42 Å². The maximum atomic E-state index is 10.5. The fourth-order valence-electron chi connectivity index (χ4n) is 1.65. The van der Waals surface area contributed by atoms with Crippen molar-refractivity contribution in [2.24, 2.45) is 0 Å². The largest absolute Gasteiger partial charge is 0.748 e. The third-order valence-corrected chi connectivity index (χ3v) is 3.56. The number of hydrogen-bond donors (Lipinski definition) is 2. The predicted octanol–water partition coefficient (Wildman–Crippen LogP) is 0.600. The number of aromatic hydroxyl groups is 2. The van der Waals surface area contributed by atoms with E-state index in [-0.39, 0.29) is 17.9 Å². The minimum atomic E-state index is -4.19. The molecule has 6 nitrogen and oxygen atoms in total. The van der Waals surface area contributed by atoms with E-state index < -0.39 is 15.9 Å². The van der Waals surface area contributed by atoms with Crippen LogP contribution < -0.4 is 4.48 Å². The minimum Gasteiger partial charge on any atom is -0.748 e. The number of benzene rings is 1. The molecule has 0 spiro atoms. The maximum absolute atomic E-state index is 10.5. The zero-order chi connectivity index (χ0) is 14.0. The van der Waals surface area contributed by atoms with Crippen LogP contribution in [0, 0.1) is 0 Å². The van der Waals surface area contributed by atoms with E-state index in [2.05, 4.69) is 0 Å². The molecule has 0 fully saturated rings. The zero-order valence-corrected chi connectivity index (χ0v) is 11.1. The molecule has 0 aliphatic heterocycles. The Hall–Kier alpha value is -1.31. The van der Waals surface area contributed by atoms with Gasteiger partial charge in [-0.2, -0.15) is 0 Å². The standard InChI is InChI=1S/C11H17NO5S/c1-12(2,6-3-7-18(15,16)17)9-4-5-10(13)11(14)8-9/h4-5,8H,3,6-7H2,1-2H3,(H2-,13,14,15,16,17). The SMILES string of the molecule is C[N+](C)(CCCS(=O)(=O)[O-])c1ccc(O)c(O)c1. The van der Waals surface area contributed by atoms with Crippen molar-refractivity contribution >= 4 is 15.8 Å². The molecule has 0 radical (unpaired) electrons. The highest BCUT2D eigenvalue weighted by Gasteiger charge is 2.20. The van der Waals surface area contributed by atoms with Crippen molar-refractivity contribution in [3.8, 4) is 11.5 Å². The lowest BCUT2D eigenvalue weighted by atomic mass is 10.2. The van der Waals surface area contributed by atoms with E-state index in [9.17, 15) is 23.2 Å². The summed E-state index contributed by atoms with van der Waals surface area (Å²) < 4.78 is 31.9. The van der Waals surface area contributed by atoms with Crippen LogP contribution in [0.15, 0.2) is 18.2 Å². The van der Waals surface area contributed by atoms with Crippen molar-refractivity contribution in [2.45, 2.75) is 6.42 Å². The Labute approximate surface area is 106 Å². The molecule has 0 heterocycles. The third kappa shape index (κ3) is 4.17. The molecule has 0 aromatic heterocycles. The second-order valence-corrected chi connectivity index (χ2v) is 6.22. The molecule has 102 valence electrons. The molecule has 0 saturated carbocycles. The summed E-state index contributed by atoms with van der Waals surface area (Å²) >= 11 is 0. The summed E-state index contributed by atoms with van der Waals surface area (Å²) in [6.45, 7) is 0.436. The maximum Gasteiger partial charge on any atom is 0.163 e. The summed E-state index contributed by atoms with van der Waals surface area (Å²) in [5, 5.41) is 18.6. The number of nitrogens with zero attached hydrogens (tertiary/aromatic N) is 1. The fourth-order valence-corrected chi connectivity index (χ4v) is 2.14. The molecule has 0 atom stereocenters. The number of phenols is 2. The third-order valence-electron chi connectivity index (χ3n) is 2.77. The number of quaternary nitrogens is 1. The van der Waals surface area contributed by atoms with Gasteiger partial charge in [0.15, 0.2) is 11.5 Å². The number of rotatable bonds is 5. The van der Waals surface area contributed by atoms with Gasteiger partial charge >= 0.3 is 0 Å². The van der Waals surface area contributed by atoms with E-state index in [0.717, 1.165) is 0 Å². The highest BCUT2D eigenvalue weighted by atomic mass is 32.2. The highest BCUT2D eigenvalue weighted by molar-refractivity contribution is 7.85. The molecule has 1 aromatic rings. The van der Waals surface area contributed by atoms with Crippen LogP contribution in [-0.4, -0.2) is 49.6 Å². The van der Waals surface area contributed by atoms with Crippen molar-refractivity contribution in [2.75, 3.05) is 26.4 Å². The lowest BCUT2D eigenvalue weighted by Crippen LogP contribution is -2.41. The Morgan fingerprint density at radius 1 is 1.22 bits per heavy atom. The van der Waals surface area contributed by atoms with Gasteiger partial charge in [-0.1, -0.05) is 0 Å². The Kier molecular flexibility index (Phi) is 4.20. The molecule has 0 aliphatic rings. The summed E-state index contributed by atoms with van der Waals surface area (Å²) in [6.07, 6.45) is 0.237. The van der Waals surface area contributed by atoms with E-state index in [1.54, 1.807) is 6.07 Å². The van der Waals surface area contributed by atoms with Crippen LogP contribution in [0.2, 0.25) is 0 Å². The second kappa shape index (κ2) is 5.13. The summed E-state index contributed by atoms with van der Waals surface area (Å²) in [7, 11) is -0.548. The summed E-state index contributed by atoms with van der Waals surface area (Å²) in [5.41, 5.74) is 0.716. The second-order valence-electron chi connectivity index (χ2n) is 4.70. The molecule has 0 bridgehead atoms. The highest BCUT2D eigenvalue weighted by Crippen LogP contribution is 2.31. The first-order valence-corrected chi connectivity index (χ1v) is 6.99. The van der Waals surface area contributed by atoms with Crippen molar-refractivity contribution in [1.82, 2.24) is 4.48 Å². The van der Waals surface area contributed by atoms with E-state index in [0.29, 0.717) is 16.7 Å². The first-order valence-electron chi connectivity index (χ1n) is 5.41. The van der Waals surface area contributed by atoms with Crippen molar-refractivity contribution in [3.63, 3.8) is 0 Å². The van der Waals surface area contributed by atoms with Gasteiger partial charge in [-0.15, -0.1) is 0 Å². The molecule has 1 aromatic carbocycles. The van der Waals surface area contributed by atoms with Crippen LogP contribution in [0.3, 0.4) is 0 Å². The van der Waals surface area contributed by atoms with Gasteiger partial charge in [0.05, 0.1) is 30.8 Å². The minimum absolute atomic E-state index is 0.208. The lowest BCUT2D eigenvalue weighted by Gasteiger charge is -2.29. The summed E-state index contributed by atoms with van der Waals surface area (Å²) in [5.74, 6) is -0.838. The first-order chi connectivity index (χ1) is 8.12. The molecule has 7 heteroatoms. The molecule has 1 rings (SSSR count). The van der Waals surface area contributed by atoms with Gasteiger partial charge in [0.25, 0.3) is 0 Å². The van der Waals surface area contributed by atoms with Crippen LogP contribution >= 0.6 is 0 Å². The smallest absolute Gasteiger partial charge is 0.163 e. The zero-order valence-electron chi connectivity index (χ0n) is 10.3. The Morgan fingerprint density at radius 3 is 2.33 bits per heavy atom. The predicted molar refractivity (Wildman–Crippen MR) is 67.5 cm³/mol. The lowest BCUT2D eigenvalue weighted by molar-refractivity contribution is 0.381. The van der Waals surface area contributed by atoms with Crippen LogP contribution in [0.25, 0.3) is 0 Å². The quantitative estimate of drug-likeness (QED) is 0.466. The summed E-state index contributed by atoms with van der Waals surface area (Å²) in [4.78, 5) is 0. The molecular weight excluding hydrogens is 258 g/mol. The molecule has 0 saturated heterocycles. The Bertz CT molecular complexity index is 524. The van der Waals surface area contributed by atoms with Gasteiger partial charge in [0.2, 0.25) is 0 Å².